The first-order chi connectivity index (χ1) is 24.2. The van der Waals surface area contributed by atoms with Crippen molar-refractivity contribution in [2.24, 2.45) is 0 Å². The molecule has 0 saturated carbocycles. The van der Waals surface area contributed by atoms with Crippen LogP contribution in [0.3, 0.4) is 0 Å². The van der Waals surface area contributed by atoms with Crippen LogP contribution in [0, 0.1) is 0 Å². The van der Waals surface area contributed by atoms with E-state index in [0.717, 1.165) is 0 Å². The van der Waals surface area contributed by atoms with Crippen molar-refractivity contribution in [3.05, 3.63) is 58.7 Å². The van der Waals surface area contributed by atoms with Crippen molar-refractivity contribution < 1.29 is 0 Å². The normalized spacial score (nSPS) is 11.4. The van der Waals surface area contributed by atoms with Crippen LogP contribution in [0.25, 0.3) is 0 Å². The Balaban J connectivity index is 2.37. The SMILES string of the molecule is CCCCCCCCCc1cc(Nc2ccccc2)c(CCCCCCCCC)c(CCCCCCCCC)c1CCCCCCCCC. The van der Waals surface area contributed by atoms with Crippen LogP contribution in [0.15, 0.2) is 36.4 Å². The molecule has 0 bridgehead atoms. The number of unbranched alkanes of at least 4 members (excludes halogenated alkanes) is 24. The summed E-state index contributed by atoms with van der Waals surface area (Å²) in [6.45, 7) is 9.32. The Hall–Kier alpha value is -1.76. The molecule has 0 unspecified atom stereocenters. The minimum atomic E-state index is 1.23. The fourth-order valence-corrected chi connectivity index (χ4v) is 7.85. The van der Waals surface area contributed by atoms with Gasteiger partial charge in [-0.3, -0.25) is 0 Å². The van der Waals surface area contributed by atoms with Crippen LogP contribution in [-0.4, -0.2) is 0 Å². The molecule has 0 atom stereocenters. The molecule has 1 N–H and O–H groups in total. The molecule has 0 amide bonds. The standard InChI is InChI=1S/C48H83N/c1-5-9-13-17-21-25-30-36-43-42-48(49-44-37-31-29-32-38-44)47(41-35-28-24-20-16-12-8-4)46(40-34-27-23-19-15-11-7-3)45(43)39-33-26-22-18-14-10-6-2/h29,31-32,37-38,42,49H,5-28,30,33-36,39-41H2,1-4H3. The van der Waals surface area contributed by atoms with Crippen LogP contribution in [0.1, 0.15) is 230 Å². The maximum absolute atomic E-state index is 3.99. The Kier molecular flexibility index (Phi) is 27.5. The van der Waals surface area contributed by atoms with Gasteiger partial charge in [-0.1, -0.05) is 200 Å². The van der Waals surface area contributed by atoms with Gasteiger partial charge in [0.25, 0.3) is 0 Å². The molecule has 0 saturated heterocycles. The summed E-state index contributed by atoms with van der Waals surface area (Å²) in [5, 5.41) is 3.99. The fraction of sp³-hybridized carbons (Fsp3) is 0.750. The smallest absolute Gasteiger partial charge is 0.0422 e. The Morgan fingerprint density at radius 2 is 0.694 bits per heavy atom. The molecular weight excluding hydrogens is 591 g/mol. The average Bonchev–Trinajstić information content (AvgIpc) is 3.12. The van der Waals surface area contributed by atoms with E-state index in [1.807, 2.05) is 0 Å². The van der Waals surface area contributed by atoms with E-state index in [9.17, 15) is 0 Å². The summed E-state index contributed by atoms with van der Waals surface area (Å²) in [4.78, 5) is 0. The van der Waals surface area contributed by atoms with Gasteiger partial charge in [0.15, 0.2) is 0 Å². The van der Waals surface area contributed by atoms with Gasteiger partial charge in [-0.05, 0) is 91.8 Å². The first-order valence-electron chi connectivity index (χ1n) is 22.2. The lowest BCUT2D eigenvalue weighted by molar-refractivity contribution is 0.575. The van der Waals surface area contributed by atoms with Crippen molar-refractivity contribution in [1.82, 2.24) is 0 Å². The van der Waals surface area contributed by atoms with E-state index in [1.165, 1.54) is 217 Å². The number of aryl methyl sites for hydroxylation is 1. The number of hydrogen-bond acceptors (Lipinski definition) is 1. The molecular formula is C48H83N. The molecule has 0 aromatic heterocycles. The highest BCUT2D eigenvalue weighted by Crippen LogP contribution is 2.35. The third kappa shape index (κ3) is 20.6. The fourth-order valence-electron chi connectivity index (χ4n) is 7.85. The highest BCUT2D eigenvalue weighted by atomic mass is 14.9. The minimum Gasteiger partial charge on any atom is -0.355 e. The van der Waals surface area contributed by atoms with Gasteiger partial charge < -0.3 is 5.32 Å². The van der Waals surface area contributed by atoms with Crippen LogP contribution in [0.5, 0.6) is 0 Å². The van der Waals surface area contributed by atoms with Crippen LogP contribution >= 0.6 is 0 Å². The number of anilines is 2. The first kappa shape index (κ1) is 43.4. The van der Waals surface area contributed by atoms with E-state index >= 15 is 0 Å². The molecule has 0 fully saturated rings. The molecule has 2 aromatic rings. The zero-order chi connectivity index (χ0) is 35.0. The predicted octanol–water partition coefficient (Wildman–Crippen LogP) is 16.6. The van der Waals surface area contributed by atoms with Crippen LogP contribution in [0.2, 0.25) is 0 Å². The van der Waals surface area contributed by atoms with Crippen LogP contribution in [-0.2, 0) is 25.7 Å². The van der Waals surface area contributed by atoms with Gasteiger partial charge in [-0.2, -0.15) is 0 Å². The van der Waals surface area contributed by atoms with E-state index in [1.54, 1.807) is 22.3 Å². The van der Waals surface area contributed by atoms with E-state index in [0.29, 0.717) is 0 Å². The number of hydrogen-bond donors (Lipinski definition) is 1. The van der Waals surface area contributed by atoms with Crippen molar-refractivity contribution in [2.45, 2.75) is 233 Å². The van der Waals surface area contributed by atoms with E-state index in [4.69, 9.17) is 0 Å². The van der Waals surface area contributed by atoms with Gasteiger partial charge in [0.1, 0.15) is 0 Å². The van der Waals surface area contributed by atoms with Crippen molar-refractivity contribution in [2.75, 3.05) is 5.32 Å². The zero-order valence-corrected chi connectivity index (χ0v) is 33.6. The summed E-state index contributed by atoms with van der Waals surface area (Å²) in [6.07, 6.45) is 43.9. The lowest BCUT2D eigenvalue weighted by Crippen LogP contribution is -2.10. The lowest BCUT2D eigenvalue weighted by atomic mass is 9.84. The second kappa shape index (κ2) is 31.0. The van der Waals surface area contributed by atoms with Crippen molar-refractivity contribution in [3.63, 3.8) is 0 Å². The summed E-state index contributed by atoms with van der Waals surface area (Å²) in [7, 11) is 0. The molecule has 0 spiro atoms. The zero-order valence-electron chi connectivity index (χ0n) is 33.6. The Labute approximate surface area is 307 Å². The predicted molar refractivity (Wildman–Crippen MR) is 223 cm³/mol. The second-order valence-corrected chi connectivity index (χ2v) is 15.5. The maximum atomic E-state index is 3.99. The number of para-hydroxylation sites is 1. The maximum Gasteiger partial charge on any atom is 0.0422 e. The topological polar surface area (TPSA) is 12.0 Å². The summed E-state index contributed by atoms with van der Waals surface area (Å²) in [5.41, 5.74) is 9.57. The Bertz CT molecular complexity index is 1010. The second-order valence-electron chi connectivity index (χ2n) is 15.5. The Morgan fingerprint density at radius 1 is 0.347 bits per heavy atom. The first-order valence-corrected chi connectivity index (χ1v) is 22.2. The van der Waals surface area contributed by atoms with Gasteiger partial charge in [0, 0.05) is 11.4 Å². The summed E-state index contributed by atoms with van der Waals surface area (Å²) >= 11 is 0. The van der Waals surface area contributed by atoms with E-state index in [-0.39, 0.29) is 0 Å². The molecule has 0 radical (unpaired) electrons. The summed E-state index contributed by atoms with van der Waals surface area (Å²) in [6, 6.07) is 13.7. The third-order valence-electron chi connectivity index (χ3n) is 11.0. The quantitative estimate of drug-likeness (QED) is 0.0729. The summed E-state index contributed by atoms with van der Waals surface area (Å²) in [5.74, 6) is 0. The highest BCUT2D eigenvalue weighted by Gasteiger charge is 2.18. The molecule has 280 valence electrons. The molecule has 1 heteroatoms. The minimum absolute atomic E-state index is 1.23. The van der Waals surface area contributed by atoms with Crippen LogP contribution in [0.4, 0.5) is 11.4 Å². The molecule has 0 aliphatic carbocycles. The number of benzene rings is 2. The Morgan fingerprint density at radius 3 is 1.12 bits per heavy atom. The molecule has 0 heterocycles. The van der Waals surface area contributed by atoms with Gasteiger partial charge >= 0.3 is 0 Å². The highest BCUT2D eigenvalue weighted by molar-refractivity contribution is 5.68. The molecule has 0 aliphatic rings. The monoisotopic (exact) mass is 674 g/mol. The largest absolute Gasteiger partial charge is 0.355 e. The lowest BCUT2D eigenvalue weighted by Gasteiger charge is -2.24. The number of nitrogens with one attached hydrogen (secondary N) is 1. The van der Waals surface area contributed by atoms with E-state index < -0.39 is 0 Å². The van der Waals surface area contributed by atoms with E-state index in [2.05, 4.69) is 69.4 Å². The van der Waals surface area contributed by atoms with Gasteiger partial charge in [-0.15, -0.1) is 0 Å². The van der Waals surface area contributed by atoms with Crippen LogP contribution < -0.4 is 5.32 Å². The molecule has 2 aromatic carbocycles. The van der Waals surface area contributed by atoms with Gasteiger partial charge in [0.2, 0.25) is 0 Å². The van der Waals surface area contributed by atoms with Crippen molar-refractivity contribution in [1.29, 1.82) is 0 Å². The van der Waals surface area contributed by atoms with Crippen molar-refractivity contribution in [3.8, 4) is 0 Å². The summed E-state index contributed by atoms with van der Waals surface area (Å²) < 4.78 is 0. The van der Waals surface area contributed by atoms with Gasteiger partial charge in [-0.25, -0.2) is 0 Å². The number of rotatable bonds is 34. The average molecular weight is 674 g/mol. The van der Waals surface area contributed by atoms with Crippen molar-refractivity contribution >= 4 is 11.4 Å². The molecule has 49 heavy (non-hydrogen) atoms. The molecule has 2 rings (SSSR count). The molecule has 1 nitrogen and oxygen atoms in total. The molecule has 0 aliphatic heterocycles. The van der Waals surface area contributed by atoms with Gasteiger partial charge in [0.05, 0.1) is 0 Å². The third-order valence-corrected chi connectivity index (χ3v) is 11.0.